The molecule has 2 heterocycles. The molecule has 0 spiro atoms. The van der Waals surface area contributed by atoms with Gasteiger partial charge in [0.2, 0.25) is 0 Å². The van der Waals surface area contributed by atoms with Crippen molar-refractivity contribution in [1.82, 2.24) is 9.38 Å². The number of hydrogen-bond acceptors (Lipinski definition) is 3. The van der Waals surface area contributed by atoms with Crippen molar-refractivity contribution < 1.29 is 14.7 Å². The molecule has 0 saturated heterocycles. The van der Waals surface area contributed by atoms with Crippen LogP contribution in [0.3, 0.4) is 0 Å². The van der Waals surface area contributed by atoms with Crippen LogP contribution >= 0.6 is 15.9 Å². The molecule has 1 amide bonds. The zero-order valence-corrected chi connectivity index (χ0v) is 15.3. The molecule has 0 atom stereocenters. The summed E-state index contributed by atoms with van der Waals surface area (Å²) in [4.78, 5) is 28.8. The normalized spacial score (nSPS) is 10.8. The molecular weight excluding hydrogens is 386 g/mol. The first kappa shape index (κ1) is 17.2. The standard InChI is InChI=1S/C18H16BrN3O3/c1-3-13-16(22-9-10(2)4-7-15(22)20-13)17(23)21-14-6-5-11(19)8-12(14)18(24)25/h4-9H,3H2,1-2H3,(H,21,23)(H,24,25). The van der Waals surface area contributed by atoms with Crippen LogP contribution in [0.5, 0.6) is 0 Å². The number of carboxylic acids is 1. The molecule has 7 heteroatoms. The van der Waals surface area contributed by atoms with Crippen molar-refractivity contribution in [3.05, 3.63) is 63.5 Å². The number of carboxylic acid groups (broad SMARTS) is 1. The van der Waals surface area contributed by atoms with Gasteiger partial charge in [-0.25, -0.2) is 9.78 Å². The summed E-state index contributed by atoms with van der Waals surface area (Å²) in [5.74, 6) is -1.50. The highest BCUT2D eigenvalue weighted by atomic mass is 79.9. The smallest absolute Gasteiger partial charge is 0.337 e. The third-order valence-corrected chi connectivity index (χ3v) is 4.34. The first-order chi connectivity index (χ1) is 11.9. The molecule has 0 aliphatic carbocycles. The minimum absolute atomic E-state index is 0.0192. The lowest BCUT2D eigenvalue weighted by atomic mass is 10.1. The molecule has 0 fully saturated rings. The number of amides is 1. The lowest BCUT2D eigenvalue weighted by molar-refractivity contribution is 0.0698. The number of anilines is 1. The van der Waals surface area contributed by atoms with E-state index in [0.717, 1.165) is 5.56 Å². The summed E-state index contributed by atoms with van der Waals surface area (Å²) in [7, 11) is 0. The van der Waals surface area contributed by atoms with Crippen LogP contribution in [-0.4, -0.2) is 26.4 Å². The van der Waals surface area contributed by atoms with Gasteiger partial charge in [-0.15, -0.1) is 0 Å². The second kappa shape index (κ2) is 6.68. The third kappa shape index (κ3) is 3.28. The summed E-state index contributed by atoms with van der Waals surface area (Å²) in [6.45, 7) is 3.86. The number of carbonyl (C=O) groups excluding carboxylic acids is 1. The zero-order chi connectivity index (χ0) is 18.1. The minimum Gasteiger partial charge on any atom is -0.478 e. The molecule has 1 aromatic carbocycles. The van der Waals surface area contributed by atoms with Crippen molar-refractivity contribution in [3.8, 4) is 0 Å². The second-order valence-electron chi connectivity index (χ2n) is 5.64. The quantitative estimate of drug-likeness (QED) is 0.693. The number of fused-ring (bicyclic) bond motifs is 1. The average molecular weight is 402 g/mol. The highest BCUT2D eigenvalue weighted by molar-refractivity contribution is 9.10. The van der Waals surface area contributed by atoms with Crippen LogP contribution in [0.4, 0.5) is 5.69 Å². The molecular formula is C18H16BrN3O3. The molecule has 2 aromatic heterocycles. The fourth-order valence-electron chi connectivity index (χ4n) is 2.67. The van der Waals surface area contributed by atoms with Gasteiger partial charge >= 0.3 is 5.97 Å². The predicted molar refractivity (Wildman–Crippen MR) is 98.4 cm³/mol. The Morgan fingerprint density at radius 1 is 1.28 bits per heavy atom. The molecule has 3 aromatic rings. The van der Waals surface area contributed by atoms with Crippen LogP contribution in [0.1, 0.15) is 39.0 Å². The summed E-state index contributed by atoms with van der Waals surface area (Å²) in [5, 5.41) is 12.1. The summed E-state index contributed by atoms with van der Waals surface area (Å²) in [5.41, 5.74) is 3.02. The number of aromatic carboxylic acids is 1. The van der Waals surface area contributed by atoms with Gasteiger partial charge in [0.15, 0.2) is 0 Å². The van der Waals surface area contributed by atoms with E-state index in [4.69, 9.17) is 0 Å². The van der Waals surface area contributed by atoms with E-state index >= 15 is 0 Å². The summed E-state index contributed by atoms with van der Waals surface area (Å²) >= 11 is 3.24. The van der Waals surface area contributed by atoms with E-state index < -0.39 is 5.97 Å². The van der Waals surface area contributed by atoms with Crippen LogP contribution < -0.4 is 5.32 Å². The van der Waals surface area contributed by atoms with Gasteiger partial charge in [0.05, 0.1) is 16.9 Å². The first-order valence-corrected chi connectivity index (χ1v) is 8.51. The van der Waals surface area contributed by atoms with Crippen molar-refractivity contribution >= 4 is 39.1 Å². The van der Waals surface area contributed by atoms with Gasteiger partial charge in [-0.1, -0.05) is 28.9 Å². The van der Waals surface area contributed by atoms with Gasteiger partial charge in [0, 0.05) is 10.7 Å². The van der Waals surface area contributed by atoms with Crippen LogP contribution in [0.15, 0.2) is 41.0 Å². The number of aromatic nitrogens is 2. The molecule has 25 heavy (non-hydrogen) atoms. The maximum absolute atomic E-state index is 12.9. The number of imidazole rings is 1. The zero-order valence-electron chi connectivity index (χ0n) is 13.7. The molecule has 3 rings (SSSR count). The number of carbonyl (C=O) groups is 2. The van der Waals surface area contributed by atoms with Gasteiger partial charge in [-0.2, -0.15) is 0 Å². The molecule has 6 nitrogen and oxygen atoms in total. The van der Waals surface area contributed by atoms with Crippen molar-refractivity contribution in [2.45, 2.75) is 20.3 Å². The van der Waals surface area contributed by atoms with Crippen LogP contribution in [0.25, 0.3) is 5.65 Å². The van der Waals surface area contributed by atoms with E-state index in [-0.39, 0.29) is 17.2 Å². The Morgan fingerprint density at radius 2 is 2.04 bits per heavy atom. The SMILES string of the molecule is CCc1nc2ccc(C)cn2c1C(=O)Nc1ccc(Br)cc1C(=O)O. The third-order valence-electron chi connectivity index (χ3n) is 3.85. The topological polar surface area (TPSA) is 83.7 Å². The lowest BCUT2D eigenvalue weighted by Crippen LogP contribution is -2.18. The predicted octanol–water partition coefficient (Wildman–Crippen LogP) is 3.92. The van der Waals surface area contributed by atoms with E-state index in [0.29, 0.717) is 27.9 Å². The molecule has 0 unspecified atom stereocenters. The van der Waals surface area contributed by atoms with Crippen molar-refractivity contribution in [2.24, 2.45) is 0 Å². The van der Waals surface area contributed by atoms with Crippen molar-refractivity contribution in [2.75, 3.05) is 5.32 Å². The van der Waals surface area contributed by atoms with E-state index in [1.54, 1.807) is 16.5 Å². The monoisotopic (exact) mass is 401 g/mol. The fraction of sp³-hybridized carbons (Fsp3) is 0.167. The summed E-state index contributed by atoms with van der Waals surface area (Å²) < 4.78 is 2.37. The fourth-order valence-corrected chi connectivity index (χ4v) is 3.03. The highest BCUT2D eigenvalue weighted by Crippen LogP contribution is 2.23. The molecule has 0 saturated carbocycles. The number of halogens is 1. The van der Waals surface area contributed by atoms with Crippen LogP contribution in [-0.2, 0) is 6.42 Å². The van der Waals surface area contributed by atoms with Crippen molar-refractivity contribution in [3.63, 3.8) is 0 Å². The number of rotatable bonds is 4. The molecule has 0 aliphatic heterocycles. The molecule has 0 aliphatic rings. The Bertz CT molecular complexity index is 995. The lowest BCUT2D eigenvalue weighted by Gasteiger charge is -2.10. The number of aryl methyl sites for hydroxylation is 2. The molecule has 0 bridgehead atoms. The van der Waals surface area contributed by atoms with E-state index in [1.165, 1.54) is 6.07 Å². The van der Waals surface area contributed by atoms with E-state index in [9.17, 15) is 14.7 Å². The Labute approximate surface area is 152 Å². The Balaban J connectivity index is 2.07. The molecule has 0 radical (unpaired) electrons. The number of hydrogen-bond donors (Lipinski definition) is 2. The Kier molecular flexibility index (Phi) is 4.59. The number of pyridine rings is 1. The first-order valence-electron chi connectivity index (χ1n) is 7.72. The number of benzene rings is 1. The van der Waals surface area contributed by atoms with Gasteiger partial charge in [0.25, 0.3) is 5.91 Å². The second-order valence-corrected chi connectivity index (χ2v) is 6.56. The molecule has 2 N–H and O–H groups in total. The maximum atomic E-state index is 12.9. The van der Waals surface area contributed by atoms with Gasteiger partial charge in [0.1, 0.15) is 11.3 Å². The highest BCUT2D eigenvalue weighted by Gasteiger charge is 2.20. The summed E-state index contributed by atoms with van der Waals surface area (Å²) in [6.07, 6.45) is 2.44. The van der Waals surface area contributed by atoms with E-state index in [2.05, 4.69) is 26.2 Å². The maximum Gasteiger partial charge on any atom is 0.337 e. The Hall–Kier alpha value is -2.67. The number of nitrogens with one attached hydrogen (secondary N) is 1. The minimum atomic E-state index is -1.11. The Morgan fingerprint density at radius 3 is 2.72 bits per heavy atom. The average Bonchev–Trinajstić information content (AvgIpc) is 2.93. The largest absolute Gasteiger partial charge is 0.478 e. The van der Waals surface area contributed by atoms with E-state index in [1.807, 2.05) is 32.2 Å². The summed E-state index contributed by atoms with van der Waals surface area (Å²) in [6, 6.07) is 8.48. The van der Waals surface area contributed by atoms with Crippen LogP contribution in [0, 0.1) is 6.92 Å². The van der Waals surface area contributed by atoms with Crippen molar-refractivity contribution in [1.29, 1.82) is 0 Å². The van der Waals surface area contributed by atoms with Gasteiger partial charge in [-0.05, 0) is 43.2 Å². The van der Waals surface area contributed by atoms with Gasteiger partial charge < -0.3 is 10.4 Å². The van der Waals surface area contributed by atoms with Crippen LogP contribution in [0.2, 0.25) is 0 Å². The molecule has 128 valence electrons. The van der Waals surface area contributed by atoms with Gasteiger partial charge in [-0.3, -0.25) is 9.20 Å². The number of nitrogens with zero attached hydrogens (tertiary/aromatic N) is 2.